The number of rotatable bonds is 15. The van der Waals surface area contributed by atoms with Gasteiger partial charge in [0.05, 0.1) is 30.1 Å². The zero-order valence-electron chi connectivity index (χ0n) is 34.5. The van der Waals surface area contributed by atoms with Crippen LogP contribution in [0.2, 0.25) is 0 Å². The summed E-state index contributed by atoms with van der Waals surface area (Å²) < 4.78 is 51.0. The van der Waals surface area contributed by atoms with Gasteiger partial charge in [-0.2, -0.15) is 0 Å². The predicted molar refractivity (Wildman–Crippen MR) is 221 cm³/mol. The van der Waals surface area contributed by atoms with E-state index in [0.29, 0.717) is 40.9 Å². The van der Waals surface area contributed by atoms with Gasteiger partial charge in [0.25, 0.3) is 5.91 Å². The number of fused-ring (bicyclic) bond motifs is 1. The number of aromatic nitrogens is 1. The fourth-order valence-corrected chi connectivity index (χ4v) is 8.58. The van der Waals surface area contributed by atoms with Crippen molar-refractivity contribution in [3.63, 3.8) is 0 Å². The molecule has 1 unspecified atom stereocenters. The number of likely N-dealkylation sites (tertiary alicyclic amines) is 1. The van der Waals surface area contributed by atoms with E-state index < -0.39 is 85.9 Å². The second-order valence-electron chi connectivity index (χ2n) is 16.7. The summed E-state index contributed by atoms with van der Waals surface area (Å²) in [4.78, 5) is 74.9. The number of methoxy groups -OCH3 is 1. The lowest BCUT2D eigenvalue weighted by atomic mass is 9.96. The Morgan fingerprint density at radius 3 is 2.28 bits per heavy atom. The maximum absolute atomic E-state index is 14.9. The molecular formula is C43H51N5O11S. The lowest BCUT2D eigenvalue weighted by Crippen LogP contribution is -2.63. The van der Waals surface area contributed by atoms with Gasteiger partial charge < -0.3 is 34.5 Å². The molecule has 3 aromatic rings. The fourth-order valence-electron chi connectivity index (χ4n) is 7.22. The van der Waals surface area contributed by atoms with Gasteiger partial charge in [-0.15, -0.1) is 6.58 Å². The highest BCUT2D eigenvalue weighted by molar-refractivity contribution is 7.91. The van der Waals surface area contributed by atoms with Crippen LogP contribution in [0.3, 0.4) is 0 Å². The summed E-state index contributed by atoms with van der Waals surface area (Å²) in [5.74, 6) is -3.08. The molecule has 320 valence electrons. The molecule has 2 heterocycles. The van der Waals surface area contributed by atoms with Crippen molar-refractivity contribution >= 4 is 50.7 Å². The average molecular weight is 846 g/mol. The zero-order valence-corrected chi connectivity index (χ0v) is 35.3. The van der Waals surface area contributed by atoms with Crippen LogP contribution in [0.1, 0.15) is 60.3 Å². The molecule has 0 spiro atoms. The molecule has 3 N–H and O–H groups in total. The van der Waals surface area contributed by atoms with Crippen molar-refractivity contribution < 1.29 is 51.3 Å². The van der Waals surface area contributed by atoms with Crippen LogP contribution in [-0.4, -0.2) is 102 Å². The number of nitrogens with one attached hydrogen (secondary N) is 3. The van der Waals surface area contributed by atoms with Crippen molar-refractivity contribution in [2.24, 2.45) is 5.92 Å². The predicted octanol–water partition coefficient (Wildman–Crippen LogP) is 4.33. The number of alkyl carbamates (subject to hydrolysis) is 1. The number of pyridine rings is 1. The smallest absolute Gasteiger partial charge is 0.408 e. The third-order valence-corrected chi connectivity index (χ3v) is 12.4. The Kier molecular flexibility index (Phi) is 12.1. The third kappa shape index (κ3) is 9.56. The summed E-state index contributed by atoms with van der Waals surface area (Å²) in [7, 11) is -2.44. The Balaban J connectivity index is 1.38. The number of hydrogen-bond donors (Lipinski definition) is 3. The Bertz CT molecular complexity index is 2320. The van der Waals surface area contributed by atoms with Crippen molar-refractivity contribution in [3.05, 3.63) is 79.9 Å². The number of esters is 1. The summed E-state index contributed by atoms with van der Waals surface area (Å²) in [6.45, 7) is 14.7. The molecule has 5 atom stereocenters. The number of carbonyl (C=O) groups is 5. The van der Waals surface area contributed by atoms with Crippen molar-refractivity contribution in [1.29, 1.82) is 0 Å². The summed E-state index contributed by atoms with van der Waals surface area (Å²) >= 11 is 0. The maximum atomic E-state index is 14.9. The molecule has 1 saturated heterocycles. The van der Waals surface area contributed by atoms with Gasteiger partial charge in [-0.05, 0) is 66.0 Å². The molecule has 60 heavy (non-hydrogen) atoms. The number of hydrogen-bond acceptors (Lipinski definition) is 12. The second-order valence-corrected chi connectivity index (χ2v) is 18.7. The summed E-state index contributed by atoms with van der Waals surface area (Å²) in [6, 6.07) is 13.5. The molecule has 3 fully saturated rings. The van der Waals surface area contributed by atoms with E-state index in [4.69, 9.17) is 23.9 Å². The van der Waals surface area contributed by atoms with E-state index in [2.05, 4.69) is 28.5 Å². The van der Waals surface area contributed by atoms with Crippen LogP contribution >= 0.6 is 0 Å². The van der Waals surface area contributed by atoms with E-state index in [1.165, 1.54) is 31.9 Å². The minimum atomic E-state index is -3.98. The molecule has 17 heteroatoms. The summed E-state index contributed by atoms with van der Waals surface area (Å²) in [5.41, 5.74) is -2.43. The number of sulfonamides is 1. The van der Waals surface area contributed by atoms with Crippen LogP contribution in [0.15, 0.2) is 79.9 Å². The average Bonchev–Trinajstić information content (AvgIpc) is 4.12. The van der Waals surface area contributed by atoms with E-state index in [1.54, 1.807) is 45.0 Å². The van der Waals surface area contributed by atoms with E-state index in [0.717, 1.165) is 11.6 Å². The highest BCUT2D eigenvalue weighted by Gasteiger charge is 2.62. The molecule has 2 aliphatic carbocycles. The molecule has 16 nitrogen and oxygen atoms in total. The first-order valence-corrected chi connectivity index (χ1v) is 21.1. The quantitative estimate of drug-likeness (QED) is 0.111. The first kappa shape index (κ1) is 43.6. The number of ether oxygens (including phenoxy) is 4. The highest BCUT2D eigenvalue weighted by atomic mass is 32.2. The Morgan fingerprint density at radius 1 is 0.983 bits per heavy atom. The van der Waals surface area contributed by atoms with Crippen LogP contribution in [0.5, 0.6) is 11.5 Å². The second kappa shape index (κ2) is 16.6. The van der Waals surface area contributed by atoms with Crippen molar-refractivity contribution in [1.82, 2.24) is 25.2 Å². The van der Waals surface area contributed by atoms with Crippen LogP contribution < -0.4 is 24.8 Å². The summed E-state index contributed by atoms with van der Waals surface area (Å²) in [6.07, 6.45) is 1.29. The van der Waals surface area contributed by atoms with Crippen LogP contribution in [-0.2, 0) is 38.7 Å². The molecule has 0 bridgehead atoms. The number of nitrogens with zero attached hydrogens (tertiary/aromatic N) is 2. The Labute approximate surface area is 349 Å². The lowest BCUT2D eigenvalue weighted by molar-refractivity contribution is -0.159. The Hall–Kier alpha value is -5.97. The van der Waals surface area contributed by atoms with Crippen LogP contribution in [0.25, 0.3) is 22.2 Å². The van der Waals surface area contributed by atoms with Gasteiger partial charge in [-0.1, -0.05) is 43.0 Å². The molecule has 1 aliphatic heterocycles. The molecule has 2 aromatic carbocycles. The maximum Gasteiger partial charge on any atom is 0.408 e. The number of benzene rings is 2. The van der Waals surface area contributed by atoms with Gasteiger partial charge in [0.1, 0.15) is 40.4 Å². The van der Waals surface area contributed by atoms with E-state index in [-0.39, 0.29) is 19.4 Å². The molecule has 3 aliphatic rings. The van der Waals surface area contributed by atoms with Gasteiger partial charge in [0.2, 0.25) is 21.8 Å². The molecule has 0 radical (unpaired) electrons. The molecule has 1 aromatic heterocycles. The largest absolute Gasteiger partial charge is 0.497 e. The van der Waals surface area contributed by atoms with E-state index in [9.17, 15) is 32.4 Å². The monoisotopic (exact) mass is 845 g/mol. The lowest BCUT2D eigenvalue weighted by Gasteiger charge is -2.37. The minimum Gasteiger partial charge on any atom is -0.497 e. The van der Waals surface area contributed by atoms with Gasteiger partial charge in [0, 0.05) is 41.5 Å². The van der Waals surface area contributed by atoms with Gasteiger partial charge in [-0.3, -0.25) is 19.1 Å². The normalized spacial score (nSPS) is 21.8. The van der Waals surface area contributed by atoms with E-state index >= 15 is 0 Å². The SMILES string of the molecule is C=CC(=O)OC(C)(C)[C@H](NC(=O)OC(C)(C)C)C(=O)N1C[C@H](Oc2cc(-c3ccccc3)nc3cc(OC)ccc23)C[C@H]1C(=O)NC1(C(=O)NS(=O)(=O)C2CC2)C[C@H]1C=C. The Morgan fingerprint density at radius 2 is 1.68 bits per heavy atom. The zero-order chi connectivity index (χ0) is 43.8. The highest BCUT2D eigenvalue weighted by Crippen LogP contribution is 2.46. The molecule has 6 rings (SSSR count). The molecular weight excluding hydrogens is 795 g/mol. The topological polar surface area (TPSA) is 209 Å². The van der Waals surface area contributed by atoms with E-state index in [1.807, 2.05) is 30.3 Å². The fraction of sp³-hybridized carbons (Fsp3) is 0.442. The van der Waals surface area contributed by atoms with Crippen molar-refractivity contribution in [2.75, 3.05) is 13.7 Å². The van der Waals surface area contributed by atoms with Crippen LogP contribution in [0, 0.1) is 5.92 Å². The number of carbonyl (C=O) groups excluding carboxylic acids is 5. The third-order valence-electron chi connectivity index (χ3n) is 10.6. The van der Waals surface area contributed by atoms with Crippen molar-refractivity contribution in [3.8, 4) is 22.8 Å². The van der Waals surface area contributed by atoms with Gasteiger partial charge >= 0.3 is 12.1 Å². The first-order chi connectivity index (χ1) is 28.2. The molecule has 2 saturated carbocycles. The van der Waals surface area contributed by atoms with Gasteiger partial charge in [-0.25, -0.2) is 23.0 Å². The van der Waals surface area contributed by atoms with Gasteiger partial charge in [0.15, 0.2) is 6.04 Å². The molecule has 4 amide bonds. The van der Waals surface area contributed by atoms with Crippen LogP contribution in [0.4, 0.5) is 4.79 Å². The summed E-state index contributed by atoms with van der Waals surface area (Å²) in [5, 5.41) is 5.21. The minimum absolute atomic E-state index is 0.0664. The standard InChI is InChI=1S/C43H51N5O11S/c1-9-26-23-43(26,39(52)47-60(54,55)29-17-18-29)46-37(50)33-21-28(24-48(33)38(51)36(42(6,7)58-35(49)10-2)45-40(53)59-41(3,4)5)57-34-22-31(25-14-12-11-13-15-25)44-32-20-27(56-8)16-19-30(32)34/h9-16,19-20,22,26,28-29,33,36H,1-2,17-18,21,23-24H2,3-8H3,(H,45,53)(H,46,50)(H,47,52)/t26-,28-,33+,36-,43?/m1/s1. The first-order valence-electron chi connectivity index (χ1n) is 19.6. The van der Waals surface area contributed by atoms with Crippen molar-refractivity contribution in [2.45, 2.75) is 100 Å². The number of amides is 4.